The molecule has 4 nitrogen and oxygen atoms in total. The van der Waals surface area contributed by atoms with E-state index in [0.717, 1.165) is 10.9 Å². The van der Waals surface area contributed by atoms with Gasteiger partial charge in [0.15, 0.2) is 0 Å². The third-order valence-electron chi connectivity index (χ3n) is 2.10. The highest BCUT2D eigenvalue weighted by Gasteiger charge is 2.09. The van der Waals surface area contributed by atoms with E-state index in [4.69, 9.17) is 17.3 Å². The number of nitrogens with zero attached hydrogens (tertiary/aromatic N) is 2. The highest BCUT2D eigenvalue weighted by Crippen LogP contribution is 2.23. The van der Waals surface area contributed by atoms with Crippen molar-refractivity contribution in [2.75, 3.05) is 0 Å². The molecule has 0 fully saturated rings. The van der Waals surface area contributed by atoms with Crippen molar-refractivity contribution in [3.8, 4) is 0 Å². The van der Waals surface area contributed by atoms with Crippen molar-refractivity contribution in [3.05, 3.63) is 28.9 Å². The first-order valence-corrected chi connectivity index (χ1v) is 4.38. The fourth-order valence-corrected chi connectivity index (χ4v) is 1.61. The summed E-state index contributed by atoms with van der Waals surface area (Å²) in [5, 5.41) is 5.25. The standard InChI is InChI=1S/C9H8ClN3O/c1-13-8-3-7(10)6(9(11)14)2-5(8)4-12-13/h2-4H,1H3,(H2,11,14). The van der Waals surface area contributed by atoms with E-state index in [1.54, 1.807) is 23.0 Å². The number of primary amides is 1. The van der Waals surface area contributed by atoms with E-state index < -0.39 is 5.91 Å². The molecule has 0 radical (unpaired) electrons. The van der Waals surface area contributed by atoms with Crippen LogP contribution in [0.5, 0.6) is 0 Å². The van der Waals surface area contributed by atoms with Crippen LogP contribution in [0, 0.1) is 0 Å². The summed E-state index contributed by atoms with van der Waals surface area (Å²) in [4.78, 5) is 11.0. The Morgan fingerprint density at radius 3 is 2.93 bits per heavy atom. The summed E-state index contributed by atoms with van der Waals surface area (Å²) in [5.74, 6) is -0.527. The van der Waals surface area contributed by atoms with Crippen molar-refractivity contribution in [1.29, 1.82) is 0 Å². The predicted octanol–water partition coefficient (Wildman–Crippen LogP) is 1.33. The Kier molecular flexibility index (Phi) is 1.93. The minimum absolute atomic E-state index is 0.326. The molecular formula is C9H8ClN3O. The molecule has 1 amide bonds. The monoisotopic (exact) mass is 209 g/mol. The lowest BCUT2D eigenvalue weighted by atomic mass is 10.1. The fourth-order valence-electron chi connectivity index (χ4n) is 1.36. The number of nitrogens with two attached hydrogens (primary N) is 1. The van der Waals surface area contributed by atoms with Crippen LogP contribution in [0.3, 0.4) is 0 Å². The van der Waals surface area contributed by atoms with Crippen LogP contribution in [0.15, 0.2) is 18.3 Å². The molecule has 72 valence electrons. The van der Waals surface area contributed by atoms with Gasteiger partial charge in [0, 0.05) is 12.4 Å². The Morgan fingerprint density at radius 1 is 1.57 bits per heavy atom. The number of hydrogen-bond donors (Lipinski definition) is 1. The molecule has 1 aromatic carbocycles. The van der Waals surface area contributed by atoms with Crippen LogP contribution >= 0.6 is 11.6 Å². The summed E-state index contributed by atoms with van der Waals surface area (Å²) in [6.07, 6.45) is 1.66. The second-order valence-corrected chi connectivity index (χ2v) is 3.43. The first-order chi connectivity index (χ1) is 6.59. The molecule has 0 aliphatic rings. The molecule has 0 unspecified atom stereocenters. The molecule has 2 rings (SSSR count). The molecule has 1 heterocycles. The summed E-state index contributed by atoms with van der Waals surface area (Å²) in [7, 11) is 1.81. The van der Waals surface area contributed by atoms with Gasteiger partial charge in [-0.1, -0.05) is 11.6 Å². The van der Waals surface area contributed by atoms with Crippen molar-refractivity contribution in [3.63, 3.8) is 0 Å². The predicted molar refractivity (Wildman–Crippen MR) is 54.2 cm³/mol. The molecule has 2 N–H and O–H groups in total. The number of halogens is 1. The van der Waals surface area contributed by atoms with Gasteiger partial charge in [-0.15, -0.1) is 0 Å². The third kappa shape index (κ3) is 1.24. The molecule has 0 atom stereocenters. The number of aromatic nitrogens is 2. The minimum Gasteiger partial charge on any atom is -0.366 e. The lowest BCUT2D eigenvalue weighted by molar-refractivity contribution is 0.100. The maximum Gasteiger partial charge on any atom is 0.250 e. The molecule has 14 heavy (non-hydrogen) atoms. The first kappa shape index (κ1) is 9.02. The quantitative estimate of drug-likeness (QED) is 0.770. The number of rotatable bonds is 1. The zero-order valence-corrected chi connectivity index (χ0v) is 8.25. The van der Waals surface area contributed by atoms with Crippen LogP contribution in [0.1, 0.15) is 10.4 Å². The van der Waals surface area contributed by atoms with Gasteiger partial charge < -0.3 is 5.73 Å². The van der Waals surface area contributed by atoms with Gasteiger partial charge in [0.25, 0.3) is 0 Å². The molecule has 0 bridgehead atoms. The smallest absolute Gasteiger partial charge is 0.250 e. The van der Waals surface area contributed by atoms with E-state index in [1.807, 2.05) is 7.05 Å². The van der Waals surface area contributed by atoms with E-state index in [1.165, 1.54) is 0 Å². The van der Waals surface area contributed by atoms with Crippen LogP contribution < -0.4 is 5.73 Å². The van der Waals surface area contributed by atoms with Gasteiger partial charge in [0.05, 0.1) is 22.3 Å². The van der Waals surface area contributed by atoms with E-state index >= 15 is 0 Å². The topological polar surface area (TPSA) is 60.9 Å². The van der Waals surface area contributed by atoms with Crippen molar-refractivity contribution in [2.45, 2.75) is 0 Å². The van der Waals surface area contributed by atoms with E-state index in [2.05, 4.69) is 5.10 Å². The number of amides is 1. The molecular weight excluding hydrogens is 202 g/mol. The third-order valence-corrected chi connectivity index (χ3v) is 2.41. The largest absolute Gasteiger partial charge is 0.366 e. The number of benzene rings is 1. The molecule has 0 aliphatic heterocycles. The number of carbonyl (C=O) groups excluding carboxylic acids is 1. The molecule has 1 aromatic heterocycles. The van der Waals surface area contributed by atoms with Gasteiger partial charge >= 0.3 is 0 Å². The van der Waals surface area contributed by atoms with Crippen LogP contribution in [-0.4, -0.2) is 15.7 Å². The van der Waals surface area contributed by atoms with Crippen LogP contribution in [0.4, 0.5) is 0 Å². The highest BCUT2D eigenvalue weighted by atomic mass is 35.5. The highest BCUT2D eigenvalue weighted by molar-refractivity contribution is 6.34. The number of aryl methyl sites for hydroxylation is 1. The second-order valence-electron chi connectivity index (χ2n) is 3.02. The van der Waals surface area contributed by atoms with E-state index in [-0.39, 0.29) is 0 Å². The lowest BCUT2D eigenvalue weighted by Gasteiger charge is -2.00. The molecule has 5 heteroatoms. The summed E-state index contributed by atoms with van der Waals surface area (Å²) in [6.45, 7) is 0. The minimum atomic E-state index is -0.527. The molecule has 0 saturated heterocycles. The normalized spacial score (nSPS) is 10.7. The van der Waals surface area contributed by atoms with Gasteiger partial charge in [0.2, 0.25) is 5.91 Å². The summed E-state index contributed by atoms with van der Waals surface area (Å²) in [5.41, 5.74) is 6.36. The molecule has 2 aromatic rings. The van der Waals surface area contributed by atoms with Crippen LogP contribution in [0.2, 0.25) is 5.02 Å². The van der Waals surface area contributed by atoms with E-state index in [0.29, 0.717) is 10.6 Å². The average Bonchev–Trinajstić information content (AvgIpc) is 2.46. The fraction of sp³-hybridized carbons (Fsp3) is 0.111. The molecule has 0 saturated carbocycles. The maximum absolute atomic E-state index is 11.0. The van der Waals surface area contributed by atoms with Gasteiger partial charge in [-0.3, -0.25) is 9.48 Å². The van der Waals surface area contributed by atoms with Crippen molar-refractivity contribution < 1.29 is 4.79 Å². The summed E-state index contributed by atoms with van der Waals surface area (Å²) in [6, 6.07) is 3.33. The van der Waals surface area contributed by atoms with Gasteiger partial charge in [-0.2, -0.15) is 5.10 Å². The zero-order chi connectivity index (χ0) is 10.3. The first-order valence-electron chi connectivity index (χ1n) is 4.00. The summed E-state index contributed by atoms with van der Waals surface area (Å²) < 4.78 is 1.69. The average molecular weight is 210 g/mol. The molecule has 0 spiro atoms. The van der Waals surface area contributed by atoms with Crippen molar-refractivity contribution in [2.24, 2.45) is 12.8 Å². The number of fused-ring (bicyclic) bond motifs is 1. The summed E-state index contributed by atoms with van der Waals surface area (Å²) >= 11 is 5.89. The zero-order valence-electron chi connectivity index (χ0n) is 7.49. The van der Waals surface area contributed by atoms with Gasteiger partial charge in [0.1, 0.15) is 0 Å². The van der Waals surface area contributed by atoms with E-state index in [9.17, 15) is 4.79 Å². The second kappa shape index (κ2) is 2.99. The maximum atomic E-state index is 11.0. The SMILES string of the molecule is Cn1ncc2cc(C(N)=O)c(Cl)cc21. The van der Waals surface area contributed by atoms with Gasteiger partial charge in [-0.25, -0.2) is 0 Å². The Labute approximate surface area is 85.3 Å². The lowest BCUT2D eigenvalue weighted by Crippen LogP contribution is -2.11. The van der Waals surface area contributed by atoms with Crippen molar-refractivity contribution >= 4 is 28.4 Å². The van der Waals surface area contributed by atoms with Crippen molar-refractivity contribution in [1.82, 2.24) is 9.78 Å². The Morgan fingerprint density at radius 2 is 2.29 bits per heavy atom. The Hall–Kier alpha value is -1.55. The Bertz CT molecular complexity index is 518. The Balaban J connectivity index is 2.79. The number of carbonyl (C=O) groups is 1. The van der Waals surface area contributed by atoms with Crippen LogP contribution in [0.25, 0.3) is 10.9 Å². The number of hydrogen-bond acceptors (Lipinski definition) is 2. The van der Waals surface area contributed by atoms with Gasteiger partial charge in [-0.05, 0) is 12.1 Å². The van der Waals surface area contributed by atoms with Crippen LogP contribution in [-0.2, 0) is 7.05 Å². The molecule has 0 aliphatic carbocycles.